The van der Waals surface area contributed by atoms with E-state index >= 15 is 0 Å². The largest absolute Gasteiger partial charge is 0.375 e. The lowest BCUT2D eigenvalue weighted by molar-refractivity contribution is -0.141. The summed E-state index contributed by atoms with van der Waals surface area (Å²) in [5, 5.41) is 7.28. The van der Waals surface area contributed by atoms with Gasteiger partial charge in [-0.1, -0.05) is 5.16 Å². The Hall–Kier alpha value is -0.860. The second kappa shape index (κ2) is 9.73. The molecule has 3 rings (SSSR count). The summed E-state index contributed by atoms with van der Waals surface area (Å²) in [4.78, 5) is 16.9. The average molecular weight is 395 g/mol. The first-order valence-electron chi connectivity index (χ1n) is 8.34. The third-order valence-electron chi connectivity index (χ3n) is 4.83. The van der Waals surface area contributed by atoms with E-state index in [1.807, 2.05) is 25.7 Å². The molecular formula is C16H28Cl2N4O3. The standard InChI is InChI=1S/C16H26N4O3.2ClH/c1-11-14(12(2)23-18-11)10-19-5-7-20(8-6-19)16(21)15-13(3)22-9-4-17-15;;/h13,15,17H,4-10H2,1-3H3;2*1H/t13-,15+;;/m1../s1. The number of hydrogen-bond donors (Lipinski definition) is 1. The zero-order chi connectivity index (χ0) is 16.4. The zero-order valence-corrected chi connectivity index (χ0v) is 16.6. The van der Waals surface area contributed by atoms with E-state index in [1.165, 1.54) is 5.56 Å². The van der Waals surface area contributed by atoms with E-state index in [0.29, 0.717) is 6.61 Å². The molecule has 0 saturated carbocycles. The quantitative estimate of drug-likeness (QED) is 0.828. The number of carbonyl (C=O) groups is 1. The van der Waals surface area contributed by atoms with Crippen molar-refractivity contribution in [2.75, 3.05) is 39.3 Å². The molecule has 2 saturated heterocycles. The highest BCUT2D eigenvalue weighted by atomic mass is 35.5. The number of hydrogen-bond acceptors (Lipinski definition) is 6. The van der Waals surface area contributed by atoms with Gasteiger partial charge in [-0.05, 0) is 20.8 Å². The molecule has 0 bridgehead atoms. The normalized spacial score (nSPS) is 24.4. The van der Waals surface area contributed by atoms with Gasteiger partial charge in [0.2, 0.25) is 5.91 Å². The number of ether oxygens (including phenoxy) is 1. The molecule has 1 amide bonds. The summed E-state index contributed by atoms with van der Waals surface area (Å²) in [6.07, 6.45) is -0.0587. The average Bonchev–Trinajstić information content (AvgIpc) is 2.87. The van der Waals surface area contributed by atoms with Gasteiger partial charge in [-0.2, -0.15) is 0 Å². The molecule has 2 aliphatic heterocycles. The predicted molar refractivity (Wildman–Crippen MR) is 99.5 cm³/mol. The van der Waals surface area contributed by atoms with Crippen LogP contribution in [-0.4, -0.2) is 72.3 Å². The third kappa shape index (κ3) is 5.08. The zero-order valence-electron chi connectivity index (χ0n) is 15.0. The van der Waals surface area contributed by atoms with Crippen LogP contribution < -0.4 is 5.32 Å². The van der Waals surface area contributed by atoms with E-state index in [-0.39, 0.29) is 42.9 Å². The number of nitrogens with one attached hydrogen (secondary N) is 1. The smallest absolute Gasteiger partial charge is 0.242 e. The maximum atomic E-state index is 12.6. The molecule has 2 atom stereocenters. The fourth-order valence-corrected chi connectivity index (χ4v) is 3.28. The fourth-order valence-electron chi connectivity index (χ4n) is 3.28. The molecule has 1 N–H and O–H groups in total. The number of aryl methyl sites for hydroxylation is 2. The number of rotatable bonds is 3. The summed E-state index contributed by atoms with van der Waals surface area (Å²) < 4.78 is 10.8. The van der Waals surface area contributed by atoms with Crippen molar-refractivity contribution in [3.63, 3.8) is 0 Å². The van der Waals surface area contributed by atoms with Crippen molar-refractivity contribution in [1.82, 2.24) is 20.3 Å². The van der Waals surface area contributed by atoms with Crippen molar-refractivity contribution in [2.24, 2.45) is 0 Å². The Balaban J connectivity index is 0.00000156. The van der Waals surface area contributed by atoms with Crippen LogP contribution >= 0.6 is 24.8 Å². The van der Waals surface area contributed by atoms with Crippen molar-refractivity contribution >= 4 is 30.7 Å². The van der Waals surface area contributed by atoms with Crippen LogP contribution in [0.5, 0.6) is 0 Å². The topological polar surface area (TPSA) is 70.8 Å². The van der Waals surface area contributed by atoms with E-state index in [1.54, 1.807) is 0 Å². The number of nitrogens with zero attached hydrogens (tertiary/aromatic N) is 3. The molecule has 0 unspecified atom stereocenters. The molecular weight excluding hydrogens is 367 g/mol. The summed E-state index contributed by atoms with van der Waals surface area (Å²) in [7, 11) is 0. The number of amides is 1. The monoisotopic (exact) mass is 394 g/mol. The van der Waals surface area contributed by atoms with Crippen molar-refractivity contribution < 1.29 is 14.1 Å². The van der Waals surface area contributed by atoms with E-state index in [0.717, 1.165) is 50.7 Å². The molecule has 3 heterocycles. The molecule has 1 aromatic rings. The molecule has 0 spiro atoms. The minimum Gasteiger partial charge on any atom is -0.375 e. The molecule has 0 aliphatic carbocycles. The summed E-state index contributed by atoms with van der Waals surface area (Å²) in [6, 6.07) is -0.210. The summed E-state index contributed by atoms with van der Waals surface area (Å²) in [5.41, 5.74) is 2.12. The summed E-state index contributed by atoms with van der Waals surface area (Å²) >= 11 is 0. The van der Waals surface area contributed by atoms with Gasteiger partial charge in [0, 0.05) is 44.8 Å². The van der Waals surface area contributed by atoms with E-state index in [4.69, 9.17) is 9.26 Å². The Morgan fingerprint density at radius 1 is 1.24 bits per heavy atom. The van der Waals surface area contributed by atoms with Gasteiger partial charge in [-0.3, -0.25) is 9.69 Å². The van der Waals surface area contributed by atoms with E-state index in [9.17, 15) is 4.79 Å². The lowest BCUT2D eigenvalue weighted by Gasteiger charge is -2.38. The molecule has 9 heteroatoms. The van der Waals surface area contributed by atoms with Gasteiger partial charge in [0.1, 0.15) is 11.8 Å². The number of piperazine rings is 1. The second-order valence-electron chi connectivity index (χ2n) is 6.41. The molecule has 1 aromatic heterocycles. The van der Waals surface area contributed by atoms with Gasteiger partial charge < -0.3 is 19.5 Å². The Kier molecular flexibility index (Phi) is 8.63. The first kappa shape index (κ1) is 22.2. The van der Waals surface area contributed by atoms with Crippen LogP contribution in [0.3, 0.4) is 0 Å². The summed E-state index contributed by atoms with van der Waals surface area (Å²) in [5.74, 6) is 1.05. The van der Waals surface area contributed by atoms with E-state index < -0.39 is 0 Å². The van der Waals surface area contributed by atoms with Crippen molar-refractivity contribution in [2.45, 2.75) is 39.5 Å². The van der Waals surface area contributed by atoms with Crippen molar-refractivity contribution in [1.29, 1.82) is 0 Å². The number of aromatic nitrogens is 1. The van der Waals surface area contributed by atoms with Crippen LogP contribution in [0.4, 0.5) is 0 Å². The van der Waals surface area contributed by atoms with Crippen LogP contribution in [0.2, 0.25) is 0 Å². The number of halogens is 2. The molecule has 2 aliphatic rings. The van der Waals surface area contributed by atoms with Gasteiger partial charge in [-0.15, -0.1) is 24.8 Å². The lowest BCUT2D eigenvalue weighted by Crippen LogP contribution is -2.59. The van der Waals surface area contributed by atoms with Gasteiger partial charge in [0.15, 0.2) is 0 Å². The molecule has 25 heavy (non-hydrogen) atoms. The van der Waals surface area contributed by atoms with Crippen LogP contribution in [0.25, 0.3) is 0 Å². The maximum Gasteiger partial charge on any atom is 0.242 e. The molecule has 7 nitrogen and oxygen atoms in total. The number of carbonyl (C=O) groups excluding carboxylic acids is 1. The Bertz CT molecular complexity index is 542. The maximum absolute atomic E-state index is 12.6. The van der Waals surface area contributed by atoms with Gasteiger partial charge >= 0.3 is 0 Å². The van der Waals surface area contributed by atoms with Crippen LogP contribution in [0.1, 0.15) is 23.9 Å². The molecule has 0 radical (unpaired) electrons. The van der Waals surface area contributed by atoms with Gasteiger partial charge in [0.25, 0.3) is 0 Å². The first-order valence-corrected chi connectivity index (χ1v) is 8.34. The van der Waals surface area contributed by atoms with Crippen molar-refractivity contribution in [3.8, 4) is 0 Å². The number of morpholine rings is 1. The molecule has 0 aromatic carbocycles. The minimum absolute atomic E-state index is 0. The molecule has 144 valence electrons. The highest BCUT2D eigenvalue weighted by Crippen LogP contribution is 2.17. The minimum atomic E-state index is -0.210. The highest BCUT2D eigenvalue weighted by molar-refractivity contribution is 5.85. The molecule has 2 fully saturated rings. The highest BCUT2D eigenvalue weighted by Gasteiger charge is 2.33. The lowest BCUT2D eigenvalue weighted by atomic mass is 10.1. The SMILES string of the molecule is Cc1noc(C)c1CN1CCN(C(=O)[C@H]2NCCO[C@@H]2C)CC1.Cl.Cl. The van der Waals surface area contributed by atoms with Gasteiger partial charge in [0.05, 0.1) is 18.4 Å². The van der Waals surface area contributed by atoms with Crippen LogP contribution in [0, 0.1) is 13.8 Å². The van der Waals surface area contributed by atoms with Crippen LogP contribution in [0.15, 0.2) is 4.52 Å². The van der Waals surface area contributed by atoms with E-state index in [2.05, 4.69) is 15.4 Å². The predicted octanol–water partition coefficient (Wildman–Crippen LogP) is 1.16. The summed E-state index contributed by atoms with van der Waals surface area (Å²) in [6.45, 7) is 11.4. The Labute approximate surface area is 161 Å². The third-order valence-corrected chi connectivity index (χ3v) is 4.83. The Morgan fingerprint density at radius 3 is 2.48 bits per heavy atom. The second-order valence-corrected chi connectivity index (χ2v) is 6.41. The Morgan fingerprint density at radius 2 is 1.92 bits per heavy atom. The fraction of sp³-hybridized carbons (Fsp3) is 0.750. The van der Waals surface area contributed by atoms with Crippen LogP contribution in [-0.2, 0) is 16.1 Å². The first-order chi connectivity index (χ1) is 11.1. The van der Waals surface area contributed by atoms with Crippen molar-refractivity contribution in [3.05, 3.63) is 17.0 Å². The van der Waals surface area contributed by atoms with Gasteiger partial charge in [-0.25, -0.2) is 0 Å².